The van der Waals surface area contributed by atoms with Crippen molar-refractivity contribution in [3.05, 3.63) is 53.5 Å². The van der Waals surface area contributed by atoms with Crippen molar-refractivity contribution in [2.75, 3.05) is 11.9 Å². The minimum atomic E-state index is -0.0309. The van der Waals surface area contributed by atoms with Crippen LogP contribution in [0.5, 0.6) is 0 Å². The Hall–Kier alpha value is -2.43. The summed E-state index contributed by atoms with van der Waals surface area (Å²) in [5, 5.41) is 6.11. The molecule has 110 valence electrons. The molecule has 5 nitrogen and oxygen atoms in total. The maximum absolute atomic E-state index is 11.9. The minimum absolute atomic E-state index is 0.0309. The lowest BCUT2D eigenvalue weighted by molar-refractivity contribution is 0.0953. The molecular formula is C16H20N4O. The Morgan fingerprint density at radius 2 is 2.10 bits per heavy atom. The van der Waals surface area contributed by atoms with Crippen LogP contribution in [0.1, 0.15) is 35.0 Å². The first-order valence-corrected chi connectivity index (χ1v) is 7.08. The van der Waals surface area contributed by atoms with Gasteiger partial charge in [0, 0.05) is 30.4 Å². The zero-order valence-electron chi connectivity index (χ0n) is 12.4. The molecule has 0 aliphatic rings. The van der Waals surface area contributed by atoms with E-state index in [1.54, 1.807) is 0 Å². The largest absolute Gasteiger partial charge is 0.366 e. The molecule has 1 heterocycles. The molecule has 2 rings (SSSR count). The van der Waals surface area contributed by atoms with E-state index >= 15 is 0 Å². The van der Waals surface area contributed by atoms with Crippen LogP contribution in [0, 0.1) is 6.92 Å². The molecule has 0 saturated carbocycles. The van der Waals surface area contributed by atoms with Crippen molar-refractivity contribution >= 4 is 11.7 Å². The maximum atomic E-state index is 11.9. The van der Waals surface area contributed by atoms with Crippen molar-refractivity contribution in [2.24, 2.45) is 0 Å². The third-order valence-corrected chi connectivity index (χ3v) is 3.00. The Morgan fingerprint density at radius 1 is 1.24 bits per heavy atom. The summed E-state index contributed by atoms with van der Waals surface area (Å²) >= 11 is 0. The van der Waals surface area contributed by atoms with Gasteiger partial charge in [-0.05, 0) is 31.0 Å². The molecule has 1 amide bonds. The highest BCUT2D eigenvalue weighted by Gasteiger charge is 2.05. The van der Waals surface area contributed by atoms with Crippen molar-refractivity contribution in [3.8, 4) is 0 Å². The topological polar surface area (TPSA) is 66.9 Å². The summed E-state index contributed by atoms with van der Waals surface area (Å²) in [6.45, 7) is 5.27. The Bertz CT molecular complexity index is 613. The van der Waals surface area contributed by atoms with Crippen LogP contribution in [0.15, 0.2) is 36.7 Å². The number of hydrogen-bond donors (Lipinski definition) is 2. The molecule has 0 aliphatic carbocycles. The molecule has 0 unspecified atom stereocenters. The molecule has 2 N–H and O–H groups in total. The first-order chi connectivity index (χ1) is 10.2. The van der Waals surface area contributed by atoms with Crippen LogP contribution < -0.4 is 10.6 Å². The third kappa shape index (κ3) is 4.56. The fraction of sp³-hybridized carbons (Fsp3) is 0.312. The van der Waals surface area contributed by atoms with Gasteiger partial charge in [0.05, 0.1) is 0 Å². The van der Waals surface area contributed by atoms with Crippen LogP contribution in [0.2, 0.25) is 0 Å². The summed E-state index contributed by atoms with van der Waals surface area (Å²) in [5.41, 5.74) is 2.64. The monoisotopic (exact) mass is 284 g/mol. The lowest BCUT2D eigenvalue weighted by Crippen LogP contribution is -2.24. The van der Waals surface area contributed by atoms with Crippen LogP contribution in [0.3, 0.4) is 0 Å². The molecule has 1 aromatic heterocycles. The fourth-order valence-corrected chi connectivity index (χ4v) is 1.91. The minimum Gasteiger partial charge on any atom is -0.366 e. The number of carbonyl (C=O) groups is 1. The summed E-state index contributed by atoms with van der Waals surface area (Å²) in [7, 11) is 0. The molecule has 0 aliphatic heterocycles. The molecule has 0 atom stereocenters. The molecule has 5 heteroatoms. The van der Waals surface area contributed by atoms with Gasteiger partial charge in [-0.25, -0.2) is 9.97 Å². The lowest BCUT2D eigenvalue weighted by Gasteiger charge is -2.08. The molecule has 0 spiro atoms. The highest BCUT2D eigenvalue weighted by atomic mass is 16.1. The van der Waals surface area contributed by atoms with Crippen LogP contribution in [-0.4, -0.2) is 22.4 Å². The maximum Gasteiger partial charge on any atom is 0.251 e. The van der Waals surface area contributed by atoms with Gasteiger partial charge in [-0.3, -0.25) is 4.79 Å². The van der Waals surface area contributed by atoms with Crippen molar-refractivity contribution in [3.63, 3.8) is 0 Å². The highest BCUT2D eigenvalue weighted by molar-refractivity contribution is 5.94. The molecule has 0 radical (unpaired) electrons. The number of anilines is 1. The average molecular weight is 284 g/mol. The predicted octanol–water partition coefficient (Wildman–Crippen LogP) is 2.54. The van der Waals surface area contributed by atoms with E-state index in [4.69, 9.17) is 0 Å². The van der Waals surface area contributed by atoms with Gasteiger partial charge in [0.15, 0.2) is 0 Å². The van der Waals surface area contributed by atoms with E-state index in [0.717, 1.165) is 23.5 Å². The molecular weight excluding hydrogens is 264 g/mol. The number of rotatable bonds is 6. The van der Waals surface area contributed by atoms with Gasteiger partial charge in [0.1, 0.15) is 12.1 Å². The summed E-state index contributed by atoms with van der Waals surface area (Å²) in [4.78, 5) is 20.1. The van der Waals surface area contributed by atoms with Gasteiger partial charge in [-0.2, -0.15) is 0 Å². The van der Waals surface area contributed by atoms with Gasteiger partial charge < -0.3 is 10.6 Å². The normalized spacial score (nSPS) is 10.2. The number of nitrogens with zero attached hydrogens (tertiary/aromatic N) is 2. The quantitative estimate of drug-likeness (QED) is 0.855. The summed E-state index contributed by atoms with van der Waals surface area (Å²) < 4.78 is 0. The highest BCUT2D eigenvalue weighted by Crippen LogP contribution is 2.09. The molecule has 0 bridgehead atoms. The summed E-state index contributed by atoms with van der Waals surface area (Å²) in [5.74, 6) is 0.750. The van der Waals surface area contributed by atoms with Crippen molar-refractivity contribution in [1.29, 1.82) is 0 Å². The van der Waals surface area contributed by atoms with Crippen LogP contribution in [-0.2, 0) is 6.54 Å². The first-order valence-electron chi connectivity index (χ1n) is 7.08. The van der Waals surface area contributed by atoms with E-state index in [-0.39, 0.29) is 5.91 Å². The molecule has 2 aromatic rings. The molecule has 0 fully saturated rings. The number of hydrogen-bond acceptors (Lipinski definition) is 4. The third-order valence-electron chi connectivity index (χ3n) is 3.00. The van der Waals surface area contributed by atoms with Crippen molar-refractivity contribution in [1.82, 2.24) is 15.3 Å². The van der Waals surface area contributed by atoms with Gasteiger partial charge in [0.25, 0.3) is 5.91 Å². The van der Waals surface area contributed by atoms with Crippen LogP contribution in [0.25, 0.3) is 0 Å². The Kier molecular flexibility index (Phi) is 5.26. The zero-order valence-corrected chi connectivity index (χ0v) is 12.4. The van der Waals surface area contributed by atoms with Crippen molar-refractivity contribution < 1.29 is 4.79 Å². The smallest absolute Gasteiger partial charge is 0.251 e. The standard InChI is InChI=1S/C16H20N4O/c1-3-7-17-16(21)14-6-4-5-13(9-14)10-18-15-8-12(2)19-11-20-15/h4-6,8-9,11H,3,7,10H2,1-2H3,(H,17,21)(H,18,19,20). The van der Waals surface area contributed by atoms with Crippen LogP contribution in [0.4, 0.5) is 5.82 Å². The number of aryl methyl sites for hydroxylation is 1. The summed E-state index contributed by atoms with van der Waals surface area (Å²) in [6, 6.07) is 9.48. The first kappa shape index (κ1) is 15.0. The van der Waals surface area contributed by atoms with Gasteiger partial charge in [-0.15, -0.1) is 0 Å². The van der Waals surface area contributed by atoms with Crippen molar-refractivity contribution in [2.45, 2.75) is 26.8 Å². The van der Waals surface area contributed by atoms with Gasteiger partial charge >= 0.3 is 0 Å². The predicted molar refractivity (Wildman–Crippen MR) is 83.2 cm³/mol. The van der Waals surface area contributed by atoms with E-state index in [1.165, 1.54) is 6.33 Å². The number of nitrogens with one attached hydrogen (secondary N) is 2. The Morgan fingerprint density at radius 3 is 2.86 bits per heavy atom. The molecule has 21 heavy (non-hydrogen) atoms. The van der Waals surface area contributed by atoms with E-state index in [9.17, 15) is 4.79 Å². The molecule has 0 saturated heterocycles. The second kappa shape index (κ2) is 7.38. The number of carbonyl (C=O) groups excluding carboxylic acids is 1. The van der Waals surface area contributed by atoms with E-state index < -0.39 is 0 Å². The Balaban J connectivity index is 1.99. The lowest BCUT2D eigenvalue weighted by atomic mass is 10.1. The van der Waals surface area contributed by atoms with E-state index in [0.29, 0.717) is 18.7 Å². The van der Waals surface area contributed by atoms with Crippen LogP contribution >= 0.6 is 0 Å². The molecule has 1 aromatic carbocycles. The van der Waals surface area contributed by atoms with Gasteiger partial charge in [-0.1, -0.05) is 19.1 Å². The van der Waals surface area contributed by atoms with Gasteiger partial charge in [0.2, 0.25) is 0 Å². The Labute approximate surface area is 124 Å². The van der Waals surface area contributed by atoms with E-state index in [2.05, 4.69) is 20.6 Å². The summed E-state index contributed by atoms with van der Waals surface area (Å²) in [6.07, 6.45) is 2.46. The zero-order chi connectivity index (χ0) is 15.1. The van der Waals surface area contributed by atoms with E-state index in [1.807, 2.05) is 44.2 Å². The number of amides is 1. The average Bonchev–Trinajstić information content (AvgIpc) is 2.51. The second-order valence-corrected chi connectivity index (χ2v) is 4.85. The second-order valence-electron chi connectivity index (χ2n) is 4.85. The fourth-order valence-electron chi connectivity index (χ4n) is 1.91. The number of aromatic nitrogens is 2. The number of benzene rings is 1. The SMILES string of the molecule is CCCNC(=O)c1cccc(CNc2cc(C)ncn2)c1.